The maximum Gasteiger partial charge on any atom is 0.331 e. The summed E-state index contributed by atoms with van der Waals surface area (Å²) >= 11 is 0. The van der Waals surface area contributed by atoms with Crippen molar-refractivity contribution >= 4 is 18.0 Å². The summed E-state index contributed by atoms with van der Waals surface area (Å²) < 4.78 is 0. The van der Waals surface area contributed by atoms with Gasteiger partial charge >= 0.3 is 11.9 Å². The molecule has 0 spiro atoms. The SMILES string of the molecule is CCCCCCCCCCCCCC(=CC(=Cc1ccccc1)C=C(CCC(C)C)C(=O)O)C(=O)O. The zero-order valence-electron chi connectivity index (χ0n) is 22.8. The summed E-state index contributed by atoms with van der Waals surface area (Å²) in [5.74, 6) is -1.50. The van der Waals surface area contributed by atoms with Gasteiger partial charge in [-0.05, 0) is 61.0 Å². The Morgan fingerprint density at radius 2 is 1.19 bits per heavy atom. The number of aliphatic carboxylic acids is 2. The zero-order chi connectivity index (χ0) is 26.6. The number of rotatable bonds is 20. The predicted octanol–water partition coefficient (Wildman–Crippen LogP) is 9.23. The minimum atomic E-state index is -0.953. The number of hydrogen-bond acceptors (Lipinski definition) is 2. The van der Waals surface area contributed by atoms with Gasteiger partial charge in [-0.2, -0.15) is 0 Å². The molecule has 2 N–H and O–H groups in total. The number of carbonyl (C=O) groups is 2. The number of allylic oxidation sites excluding steroid dienone is 3. The summed E-state index contributed by atoms with van der Waals surface area (Å²) in [4.78, 5) is 23.9. The Balaban J connectivity index is 2.81. The van der Waals surface area contributed by atoms with Crippen LogP contribution in [0, 0.1) is 5.92 Å². The summed E-state index contributed by atoms with van der Waals surface area (Å²) in [6.07, 6.45) is 20.3. The molecule has 0 unspecified atom stereocenters. The Labute approximate surface area is 219 Å². The molecule has 0 fully saturated rings. The molecule has 0 atom stereocenters. The molecule has 0 saturated heterocycles. The molecule has 0 aliphatic rings. The molecule has 36 heavy (non-hydrogen) atoms. The van der Waals surface area contributed by atoms with E-state index in [1.807, 2.05) is 36.4 Å². The Morgan fingerprint density at radius 3 is 1.67 bits per heavy atom. The van der Waals surface area contributed by atoms with E-state index in [1.54, 1.807) is 12.2 Å². The molecule has 0 aromatic heterocycles. The van der Waals surface area contributed by atoms with Gasteiger partial charge in [0.15, 0.2) is 0 Å². The van der Waals surface area contributed by atoms with Gasteiger partial charge in [0.1, 0.15) is 0 Å². The average Bonchev–Trinajstić information content (AvgIpc) is 2.84. The third kappa shape index (κ3) is 15.4. The van der Waals surface area contributed by atoms with Gasteiger partial charge in [-0.3, -0.25) is 0 Å². The third-order valence-electron chi connectivity index (χ3n) is 6.40. The fraction of sp³-hybridized carbons (Fsp3) is 0.562. The standard InChI is InChI=1S/C32H48O4/c1-4-5-6-7-8-9-10-11-12-13-17-20-29(31(33)34)24-28(23-27-18-15-14-16-19-27)25-30(32(35)36)22-21-26(2)3/h14-16,18-19,23-26H,4-13,17,20-22H2,1-3H3,(H,33,34)(H,35,36). The topological polar surface area (TPSA) is 74.6 Å². The quantitative estimate of drug-likeness (QED) is 0.107. The van der Waals surface area contributed by atoms with Crippen molar-refractivity contribution in [1.29, 1.82) is 0 Å². The maximum atomic E-state index is 12.0. The lowest BCUT2D eigenvalue weighted by atomic mass is 9.97. The molecule has 1 aromatic rings. The van der Waals surface area contributed by atoms with Crippen LogP contribution in [0.15, 0.2) is 59.2 Å². The summed E-state index contributed by atoms with van der Waals surface area (Å²) in [6, 6.07) is 9.61. The van der Waals surface area contributed by atoms with E-state index >= 15 is 0 Å². The van der Waals surface area contributed by atoms with Crippen LogP contribution in [0.25, 0.3) is 6.08 Å². The first kappa shape index (κ1) is 31.4. The van der Waals surface area contributed by atoms with E-state index in [0.29, 0.717) is 35.5 Å². The van der Waals surface area contributed by atoms with Crippen LogP contribution >= 0.6 is 0 Å². The maximum absolute atomic E-state index is 12.0. The number of hydrogen-bond donors (Lipinski definition) is 2. The molecule has 0 saturated carbocycles. The molecule has 0 aliphatic heterocycles. The molecule has 0 heterocycles. The highest BCUT2D eigenvalue weighted by molar-refractivity contribution is 5.90. The smallest absolute Gasteiger partial charge is 0.331 e. The van der Waals surface area contributed by atoms with Crippen molar-refractivity contribution in [2.24, 2.45) is 5.92 Å². The van der Waals surface area contributed by atoms with Gasteiger partial charge < -0.3 is 10.2 Å². The van der Waals surface area contributed by atoms with E-state index in [-0.39, 0.29) is 0 Å². The van der Waals surface area contributed by atoms with Crippen molar-refractivity contribution in [1.82, 2.24) is 0 Å². The zero-order valence-corrected chi connectivity index (χ0v) is 22.8. The van der Waals surface area contributed by atoms with Crippen LogP contribution in [-0.4, -0.2) is 22.2 Å². The molecule has 1 rings (SSSR count). The van der Waals surface area contributed by atoms with Gasteiger partial charge in [0.05, 0.1) is 0 Å². The van der Waals surface area contributed by atoms with Crippen molar-refractivity contribution in [3.05, 3.63) is 64.8 Å². The normalized spacial score (nSPS) is 12.8. The van der Waals surface area contributed by atoms with Crippen LogP contribution in [0.2, 0.25) is 0 Å². The van der Waals surface area contributed by atoms with Gasteiger partial charge in [-0.25, -0.2) is 9.59 Å². The minimum absolute atomic E-state index is 0.307. The fourth-order valence-corrected chi connectivity index (χ4v) is 4.17. The van der Waals surface area contributed by atoms with Crippen molar-refractivity contribution in [3.8, 4) is 0 Å². The van der Waals surface area contributed by atoms with Crippen LogP contribution < -0.4 is 0 Å². The van der Waals surface area contributed by atoms with Crippen LogP contribution in [0.1, 0.15) is 116 Å². The van der Waals surface area contributed by atoms with Gasteiger partial charge in [0.2, 0.25) is 0 Å². The average molecular weight is 497 g/mol. The van der Waals surface area contributed by atoms with E-state index in [0.717, 1.165) is 31.2 Å². The van der Waals surface area contributed by atoms with E-state index in [9.17, 15) is 19.8 Å². The molecule has 4 nitrogen and oxygen atoms in total. The molecular weight excluding hydrogens is 448 g/mol. The van der Waals surface area contributed by atoms with E-state index < -0.39 is 11.9 Å². The first-order chi connectivity index (χ1) is 17.3. The number of carboxylic acid groups (broad SMARTS) is 2. The van der Waals surface area contributed by atoms with Crippen LogP contribution in [0.3, 0.4) is 0 Å². The third-order valence-corrected chi connectivity index (χ3v) is 6.40. The van der Waals surface area contributed by atoms with Gasteiger partial charge in [0.25, 0.3) is 0 Å². The highest BCUT2D eigenvalue weighted by atomic mass is 16.4. The summed E-state index contributed by atoms with van der Waals surface area (Å²) in [5.41, 5.74) is 2.16. The summed E-state index contributed by atoms with van der Waals surface area (Å²) in [5, 5.41) is 19.6. The second kappa shape index (κ2) is 19.6. The number of carboxylic acids is 2. The molecule has 0 bridgehead atoms. The second-order valence-electron chi connectivity index (χ2n) is 10.2. The van der Waals surface area contributed by atoms with Crippen LogP contribution in [-0.2, 0) is 9.59 Å². The van der Waals surface area contributed by atoms with Crippen molar-refractivity contribution in [2.75, 3.05) is 0 Å². The monoisotopic (exact) mass is 496 g/mol. The Kier molecular flexibility index (Phi) is 17.1. The van der Waals surface area contributed by atoms with Crippen LogP contribution in [0.5, 0.6) is 0 Å². The number of unbranched alkanes of at least 4 members (excludes halogenated alkanes) is 10. The second-order valence-corrected chi connectivity index (χ2v) is 10.2. The van der Waals surface area contributed by atoms with E-state index in [2.05, 4.69) is 20.8 Å². The fourth-order valence-electron chi connectivity index (χ4n) is 4.17. The summed E-state index contributed by atoms with van der Waals surface area (Å²) in [7, 11) is 0. The molecule has 200 valence electrons. The first-order valence-electron chi connectivity index (χ1n) is 14.0. The van der Waals surface area contributed by atoms with Crippen molar-refractivity contribution in [3.63, 3.8) is 0 Å². The van der Waals surface area contributed by atoms with Gasteiger partial charge in [0, 0.05) is 11.1 Å². The molecule has 0 aliphatic carbocycles. The molecular formula is C32H48O4. The van der Waals surface area contributed by atoms with E-state index in [1.165, 1.54) is 51.4 Å². The molecule has 4 heteroatoms. The van der Waals surface area contributed by atoms with Gasteiger partial charge in [-0.15, -0.1) is 0 Å². The minimum Gasteiger partial charge on any atom is -0.478 e. The Morgan fingerprint density at radius 1 is 0.722 bits per heavy atom. The van der Waals surface area contributed by atoms with Crippen molar-refractivity contribution in [2.45, 2.75) is 111 Å². The molecule has 1 aromatic carbocycles. The van der Waals surface area contributed by atoms with Crippen molar-refractivity contribution < 1.29 is 19.8 Å². The Hall–Kier alpha value is -2.62. The van der Waals surface area contributed by atoms with E-state index in [4.69, 9.17) is 0 Å². The lowest BCUT2D eigenvalue weighted by molar-refractivity contribution is -0.133. The highest BCUT2D eigenvalue weighted by Crippen LogP contribution is 2.21. The lowest BCUT2D eigenvalue weighted by Gasteiger charge is -2.08. The van der Waals surface area contributed by atoms with Crippen LogP contribution in [0.4, 0.5) is 0 Å². The molecule has 0 radical (unpaired) electrons. The highest BCUT2D eigenvalue weighted by Gasteiger charge is 2.12. The Bertz CT molecular complexity index is 846. The summed E-state index contributed by atoms with van der Waals surface area (Å²) in [6.45, 7) is 6.37. The predicted molar refractivity (Wildman–Crippen MR) is 151 cm³/mol. The van der Waals surface area contributed by atoms with Gasteiger partial charge in [-0.1, -0.05) is 115 Å². The molecule has 0 amide bonds. The first-order valence-corrected chi connectivity index (χ1v) is 14.0. The number of benzene rings is 1. The lowest BCUT2D eigenvalue weighted by Crippen LogP contribution is -2.04. The largest absolute Gasteiger partial charge is 0.478 e.